The van der Waals surface area contributed by atoms with E-state index < -0.39 is 0 Å². The highest BCUT2D eigenvalue weighted by Gasteiger charge is 2.14. The SMILES string of the molecule is CN(CC(=O)NCc1ccc(N2CCSCC2)cc1)C(=O)c1ccccc1. The molecule has 0 spiro atoms. The van der Waals surface area contributed by atoms with Crippen LogP contribution in [0, 0.1) is 0 Å². The fraction of sp³-hybridized carbons (Fsp3) is 0.333. The number of benzene rings is 2. The lowest BCUT2D eigenvalue weighted by Crippen LogP contribution is -2.38. The number of rotatable bonds is 6. The van der Waals surface area contributed by atoms with Gasteiger partial charge in [-0.3, -0.25) is 9.59 Å². The Balaban J connectivity index is 1.46. The molecule has 2 aromatic rings. The van der Waals surface area contributed by atoms with E-state index in [1.54, 1.807) is 19.2 Å². The predicted octanol–water partition coefficient (Wildman–Crippen LogP) is 2.63. The van der Waals surface area contributed by atoms with Gasteiger partial charge in [0.1, 0.15) is 0 Å². The van der Waals surface area contributed by atoms with Gasteiger partial charge in [0, 0.05) is 49.4 Å². The second-order valence-corrected chi connectivity index (χ2v) is 7.79. The normalized spacial score (nSPS) is 13.9. The third-order valence-electron chi connectivity index (χ3n) is 4.55. The monoisotopic (exact) mass is 383 g/mol. The van der Waals surface area contributed by atoms with Crippen molar-refractivity contribution in [1.82, 2.24) is 10.2 Å². The lowest BCUT2D eigenvalue weighted by molar-refractivity contribution is -0.121. The van der Waals surface area contributed by atoms with Crippen molar-refractivity contribution in [2.45, 2.75) is 6.54 Å². The van der Waals surface area contributed by atoms with Crippen molar-refractivity contribution in [3.05, 3.63) is 65.7 Å². The molecular formula is C21H25N3O2S. The first-order chi connectivity index (χ1) is 13.1. The molecule has 1 fully saturated rings. The molecule has 2 amide bonds. The van der Waals surface area contributed by atoms with Crippen LogP contribution in [0.2, 0.25) is 0 Å². The van der Waals surface area contributed by atoms with Gasteiger partial charge in [0.2, 0.25) is 5.91 Å². The van der Waals surface area contributed by atoms with E-state index in [-0.39, 0.29) is 18.4 Å². The largest absolute Gasteiger partial charge is 0.370 e. The molecule has 0 aromatic heterocycles. The third kappa shape index (κ3) is 5.50. The molecule has 0 aliphatic carbocycles. The number of amides is 2. The van der Waals surface area contributed by atoms with Crippen molar-refractivity contribution < 1.29 is 9.59 Å². The van der Waals surface area contributed by atoms with Crippen LogP contribution in [0.1, 0.15) is 15.9 Å². The van der Waals surface area contributed by atoms with Gasteiger partial charge in [-0.25, -0.2) is 0 Å². The molecule has 0 radical (unpaired) electrons. The lowest BCUT2D eigenvalue weighted by Gasteiger charge is -2.28. The number of carbonyl (C=O) groups excluding carboxylic acids is 2. The Morgan fingerprint density at radius 1 is 1.04 bits per heavy atom. The average molecular weight is 384 g/mol. The summed E-state index contributed by atoms with van der Waals surface area (Å²) >= 11 is 2.00. The molecule has 27 heavy (non-hydrogen) atoms. The summed E-state index contributed by atoms with van der Waals surface area (Å²) in [6, 6.07) is 17.3. The third-order valence-corrected chi connectivity index (χ3v) is 5.49. The van der Waals surface area contributed by atoms with Gasteiger partial charge in [-0.2, -0.15) is 11.8 Å². The first-order valence-electron chi connectivity index (χ1n) is 9.12. The Bertz CT molecular complexity index is 759. The molecule has 6 heteroatoms. The maximum absolute atomic E-state index is 12.3. The highest BCUT2D eigenvalue weighted by Crippen LogP contribution is 2.19. The van der Waals surface area contributed by atoms with Crippen LogP contribution in [0.5, 0.6) is 0 Å². The number of hydrogen-bond donors (Lipinski definition) is 1. The maximum atomic E-state index is 12.3. The maximum Gasteiger partial charge on any atom is 0.254 e. The molecule has 5 nitrogen and oxygen atoms in total. The van der Waals surface area contributed by atoms with Gasteiger partial charge in [0.25, 0.3) is 5.91 Å². The average Bonchev–Trinajstić information content (AvgIpc) is 2.73. The minimum Gasteiger partial charge on any atom is -0.370 e. The highest BCUT2D eigenvalue weighted by molar-refractivity contribution is 7.99. The van der Waals surface area contributed by atoms with E-state index in [1.807, 2.05) is 30.0 Å². The van der Waals surface area contributed by atoms with Crippen LogP contribution in [-0.2, 0) is 11.3 Å². The second-order valence-electron chi connectivity index (χ2n) is 6.57. The number of likely N-dealkylation sites (N-methyl/N-ethyl adjacent to an activating group) is 1. The molecule has 1 heterocycles. The Morgan fingerprint density at radius 3 is 2.37 bits per heavy atom. The van der Waals surface area contributed by atoms with Crippen LogP contribution >= 0.6 is 11.8 Å². The molecule has 1 saturated heterocycles. The van der Waals surface area contributed by atoms with Crippen LogP contribution in [0.4, 0.5) is 5.69 Å². The Hall–Kier alpha value is -2.47. The molecule has 0 saturated carbocycles. The van der Waals surface area contributed by atoms with Gasteiger partial charge in [-0.1, -0.05) is 30.3 Å². The molecule has 1 N–H and O–H groups in total. The first-order valence-corrected chi connectivity index (χ1v) is 10.3. The number of thioether (sulfide) groups is 1. The van der Waals surface area contributed by atoms with Crippen LogP contribution in [0.3, 0.4) is 0 Å². The van der Waals surface area contributed by atoms with Gasteiger partial charge in [0.15, 0.2) is 0 Å². The zero-order valence-corrected chi connectivity index (χ0v) is 16.4. The lowest BCUT2D eigenvalue weighted by atomic mass is 10.2. The molecule has 1 aliphatic rings. The van der Waals surface area contributed by atoms with Crippen LogP contribution in [0.25, 0.3) is 0 Å². The smallest absolute Gasteiger partial charge is 0.254 e. The van der Waals surface area contributed by atoms with Gasteiger partial charge in [-0.15, -0.1) is 0 Å². The number of nitrogens with one attached hydrogen (secondary N) is 1. The quantitative estimate of drug-likeness (QED) is 0.833. The van der Waals surface area contributed by atoms with Crippen molar-refractivity contribution in [2.75, 3.05) is 43.1 Å². The summed E-state index contributed by atoms with van der Waals surface area (Å²) in [5, 5.41) is 2.89. The molecule has 2 aromatic carbocycles. The topological polar surface area (TPSA) is 52.7 Å². The van der Waals surface area contributed by atoms with Crippen molar-refractivity contribution in [2.24, 2.45) is 0 Å². The van der Waals surface area contributed by atoms with Crippen LogP contribution in [0.15, 0.2) is 54.6 Å². The predicted molar refractivity (Wildman–Crippen MR) is 111 cm³/mol. The van der Waals surface area contributed by atoms with Crippen molar-refractivity contribution in [3.63, 3.8) is 0 Å². The minimum absolute atomic E-state index is 0.0389. The molecule has 0 unspecified atom stereocenters. The van der Waals surface area contributed by atoms with Crippen LogP contribution < -0.4 is 10.2 Å². The number of anilines is 1. The number of nitrogens with zero attached hydrogens (tertiary/aromatic N) is 2. The van der Waals surface area contributed by atoms with Gasteiger partial charge in [0.05, 0.1) is 6.54 Å². The summed E-state index contributed by atoms with van der Waals surface area (Å²) in [6.45, 7) is 2.67. The van der Waals surface area contributed by atoms with Gasteiger partial charge < -0.3 is 15.1 Å². The number of carbonyl (C=O) groups is 2. The summed E-state index contributed by atoms with van der Waals surface area (Å²) in [5.74, 6) is 2.02. The Kier molecular flexibility index (Phi) is 6.76. The molecule has 0 atom stereocenters. The summed E-state index contributed by atoms with van der Waals surface area (Å²) in [6.07, 6.45) is 0. The summed E-state index contributed by atoms with van der Waals surface area (Å²) < 4.78 is 0. The fourth-order valence-corrected chi connectivity index (χ4v) is 3.89. The zero-order chi connectivity index (χ0) is 19.1. The van der Waals surface area contributed by atoms with E-state index in [9.17, 15) is 9.59 Å². The zero-order valence-electron chi connectivity index (χ0n) is 15.6. The summed E-state index contributed by atoms with van der Waals surface area (Å²) in [4.78, 5) is 28.3. The van der Waals surface area contributed by atoms with Crippen molar-refractivity contribution in [1.29, 1.82) is 0 Å². The van der Waals surface area contributed by atoms with E-state index in [0.29, 0.717) is 12.1 Å². The van der Waals surface area contributed by atoms with E-state index >= 15 is 0 Å². The minimum atomic E-state index is -0.168. The van der Waals surface area contributed by atoms with E-state index in [2.05, 4.69) is 34.5 Å². The fourth-order valence-electron chi connectivity index (χ4n) is 2.99. The first kappa shape index (κ1) is 19.3. The Labute approximate surface area is 164 Å². The van der Waals surface area contributed by atoms with E-state index in [0.717, 1.165) is 18.7 Å². The van der Waals surface area contributed by atoms with Crippen molar-refractivity contribution >= 4 is 29.3 Å². The van der Waals surface area contributed by atoms with Crippen LogP contribution in [-0.4, -0.2) is 54.9 Å². The summed E-state index contributed by atoms with van der Waals surface area (Å²) in [5.41, 5.74) is 2.87. The van der Waals surface area contributed by atoms with Gasteiger partial charge >= 0.3 is 0 Å². The molecule has 1 aliphatic heterocycles. The standard InChI is InChI=1S/C21H25N3O2S/c1-23(21(26)18-5-3-2-4-6-18)16-20(25)22-15-17-7-9-19(10-8-17)24-11-13-27-14-12-24/h2-10H,11-16H2,1H3,(H,22,25). The second kappa shape index (κ2) is 9.46. The Morgan fingerprint density at radius 2 is 1.70 bits per heavy atom. The molecule has 0 bridgehead atoms. The number of hydrogen-bond acceptors (Lipinski definition) is 4. The van der Waals surface area contributed by atoms with E-state index in [1.165, 1.54) is 22.1 Å². The molecule has 3 rings (SSSR count). The highest BCUT2D eigenvalue weighted by atomic mass is 32.2. The van der Waals surface area contributed by atoms with Gasteiger partial charge in [-0.05, 0) is 29.8 Å². The van der Waals surface area contributed by atoms with Crippen molar-refractivity contribution in [3.8, 4) is 0 Å². The summed E-state index contributed by atoms with van der Waals surface area (Å²) in [7, 11) is 1.64. The van der Waals surface area contributed by atoms with E-state index in [4.69, 9.17) is 0 Å². The molecule has 142 valence electrons. The molecular weight excluding hydrogens is 358 g/mol.